The largest absolute Gasteiger partial charge is 0.372 e. The zero-order valence-electron chi connectivity index (χ0n) is 18.1. The number of fused-ring (bicyclic) bond motifs is 1. The molecule has 0 radical (unpaired) electrons. The second-order valence-corrected chi connectivity index (χ2v) is 8.97. The Labute approximate surface area is 177 Å². The topological polar surface area (TPSA) is 67.7 Å². The van der Waals surface area contributed by atoms with E-state index in [0.717, 1.165) is 49.6 Å². The molecule has 0 spiro atoms. The number of hydrogen-bond donors (Lipinski definition) is 0. The van der Waals surface area contributed by atoms with Gasteiger partial charge in [-0.05, 0) is 46.2 Å². The van der Waals surface area contributed by atoms with E-state index < -0.39 is 0 Å². The number of hydrogen-bond acceptors (Lipinski definition) is 6. The molecule has 1 aliphatic heterocycles. The quantitative estimate of drug-likeness (QED) is 0.470. The Bertz CT molecular complexity index is 768. The Balaban J connectivity index is 1.69. The highest BCUT2D eigenvalue weighted by atomic mass is 32.2. The maximum Gasteiger partial charge on any atom is 0.348 e. The van der Waals surface area contributed by atoms with Gasteiger partial charge in [-0.25, -0.2) is 4.79 Å². The lowest BCUT2D eigenvalue weighted by molar-refractivity contribution is -0.140. The lowest BCUT2D eigenvalue weighted by atomic mass is 10.2. The first-order chi connectivity index (χ1) is 13.9. The molecule has 2 unspecified atom stereocenters. The highest BCUT2D eigenvalue weighted by Gasteiger charge is 2.27. The van der Waals surface area contributed by atoms with E-state index in [1.165, 1.54) is 17.3 Å². The maximum absolute atomic E-state index is 12.7. The van der Waals surface area contributed by atoms with Gasteiger partial charge in [-0.15, -0.1) is 0 Å². The molecule has 7 nitrogen and oxygen atoms in total. The normalized spacial score (nSPS) is 21.6. The molecule has 1 aromatic rings. The first kappa shape index (κ1) is 22.3. The minimum Gasteiger partial charge on any atom is -0.372 e. The van der Waals surface area contributed by atoms with Crippen molar-refractivity contribution in [2.24, 2.45) is 0 Å². The summed E-state index contributed by atoms with van der Waals surface area (Å²) in [4.78, 5) is 34.0. The maximum atomic E-state index is 12.7. The first-order valence-corrected chi connectivity index (χ1v) is 11.8. The van der Waals surface area contributed by atoms with E-state index in [1.807, 2.05) is 23.3 Å². The Morgan fingerprint density at radius 3 is 2.55 bits per heavy atom. The van der Waals surface area contributed by atoms with Gasteiger partial charge in [-0.2, -0.15) is 4.98 Å². The van der Waals surface area contributed by atoms with Crippen LogP contribution in [0.15, 0.2) is 9.82 Å². The van der Waals surface area contributed by atoms with E-state index in [-0.39, 0.29) is 23.8 Å². The van der Waals surface area contributed by atoms with E-state index >= 15 is 0 Å². The van der Waals surface area contributed by atoms with Gasteiger partial charge in [0.25, 0.3) is 0 Å². The molecule has 1 fully saturated rings. The Morgan fingerprint density at radius 2 is 1.90 bits per heavy atom. The number of carbonyl (C=O) groups excluding carboxylic acids is 1. The second kappa shape index (κ2) is 10.1. The standard InChI is InChI=1S/C21H34N4O3S/c1-5-23(6-2)10-11-25-18-9-7-8-17(18)20(22-21(25)27)29-14-19(26)24-12-15(3)28-16(4)13-24/h15-16H,5-14H2,1-4H3. The zero-order valence-corrected chi connectivity index (χ0v) is 19.0. The molecule has 8 heteroatoms. The van der Waals surface area contributed by atoms with Gasteiger partial charge in [0.1, 0.15) is 5.03 Å². The molecule has 162 valence electrons. The highest BCUT2D eigenvalue weighted by Crippen LogP contribution is 2.29. The van der Waals surface area contributed by atoms with Gasteiger partial charge < -0.3 is 14.5 Å². The van der Waals surface area contributed by atoms with Gasteiger partial charge >= 0.3 is 5.69 Å². The van der Waals surface area contributed by atoms with Crippen LogP contribution < -0.4 is 5.69 Å². The van der Waals surface area contributed by atoms with Gasteiger partial charge in [0.2, 0.25) is 5.91 Å². The van der Waals surface area contributed by atoms with E-state index in [9.17, 15) is 9.59 Å². The van der Waals surface area contributed by atoms with Crippen LogP contribution >= 0.6 is 11.8 Å². The zero-order chi connectivity index (χ0) is 21.0. The molecule has 0 N–H and O–H groups in total. The van der Waals surface area contributed by atoms with Gasteiger partial charge in [-0.3, -0.25) is 9.36 Å². The third-order valence-corrected chi connectivity index (χ3v) is 6.84. The SMILES string of the molecule is CCN(CC)CCn1c2c(c(SCC(=O)N3CC(C)OC(C)C3)nc1=O)CCC2. The van der Waals surface area contributed by atoms with Crippen LogP contribution in [0.25, 0.3) is 0 Å². The average Bonchev–Trinajstić information content (AvgIpc) is 3.17. The molecule has 0 aromatic carbocycles. The van der Waals surface area contributed by atoms with Crippen LogP contribution in [0.4, 0.5) is 0 Å². The van der Waals surface area contributed by atoms with Crippen molar-refractivity contribution in [1.82, 2.24) is 19.4 Å². The number of aromatic nitrogens is 2. The number of amides is 1. The minimum atomic E-state index is -0.179. The number of likely N-dealkylation sites (N-methyl/N-ethyl adjacent to an activating group) is 1. The van der Waals surface area contributed by atoms with Gasteiger partial charge in [-0.1, -0.05) is 25.6 Å². The van der Waals surface area contributed by atoms with Crippen molar-refractivity contribution in [2.45, 2.75) is 70.7 Å². The fourth-order valence-electron chi connectivity index (χ4n) is 4.32. The lowest BCUT2D eigenvalue weighted by Crippen LogP contribution is -2.48. The predicted octanol–water partition coefficient (Wildman–Crippen LogP) is 1.80. The molecular weight excluding hydrogens is 388 g/mol. The molecule has 2 heterocycles. The smallest absolute Gasteiger partial charge is 0.348 e. The molecule has 2 atom stereocenters. The summed E-state index contributed by atoms with van der Waals surface area (Å²) >= 11 is 1.42. The summed E-state index contributed by atoms with van der Waals surface area (Å²) in [6.07, 6.45) is 3.03. The Kier molecular flexibility index (Phi) is 7.76. The van der Waals surface area contributed by atoms with E-state index in [1.54, 1.807) is 0 Å². The van der Waals surface area contributed by atoms with Crippen LogP contribution in [0.5, 0.6) is 0 Å². The van der Waals surface area contributed by atoms with Gasteiger partial charge in [0.15, 0.2) is 0 Å². The molecule has 1 aliphatic carbocycles. The fourth-order valence-corrected chi connectivity index (χ4v) is 5.30. The van der Waals surface area contributed by atoms with Crippen LogP contribution in [-0.2, 0) is 28.9 Å². The molecule has 0 bridgehead atoms. The monoisotopic (exact) mass is 422 g/mol. The summed E-state index contributed by atoms with van der Waals surface area (Å²) in [7, 11) is 0. The minimum absolute atomic E-state index is 0.0600. The van der Waals surface area contributed by atoms with E-state index in [4.69, 9.17) is 4.74 Å². The number of ether oxygens (including phenoxy) is 1. The predicted molar refractivity (Wildman–Crippen MR) is 116 cm³/mol. The van der Waals surface area contributed by atoms with Crippen molar-refractivity contribution in [3.8, 4) is 0 Å². The molecule has 0 saturated carbocycles. The van der Waals surface area contributed by atoms with Gasteiger partial charge in [0.05, 0.1) is 18.0 Å². The van der Waals surface area contributed by atoms with Crippen molar-refractivity contribution < 1.29 is 9.53 Å². The number of rotatable bonds is 8. The Morgan fingerprint density at radius 1 is 1.21 bits per heavy atom. The molecule has 3 rings (SSSR count). The molecule has 29 heavy (non-hydrogen) atoms. The molecule has 1 amide bonds. The molecular formula is C21H34N4O3S. The van der Waals surface area contributed by atoms with Crippen LogP contribution in [-0.4, -0.2) is 75.9 Å². The van der Waals surface area contributed by atoms with Crippen molar-refractivity contribution in [3.63, 3.8) is 0 Å². The lowest BCUT2D eigenvalue weighted by Gasteiger charge is -2.35. The number of carbonyl (C=O) groups is 1. The molecule has 1 saturated heterocycles. The summed E-state index contributed by atoms with van der Waals surface area (Å²) in [5.41, 5.74) is 2.12. The summed E-state index contributed by atoms with van der Waals surface area (Å²) in [5.74, 6) is 0.415. The average molecular weight is 423 g/mol. The fraction of sp³-hybridized carbons (Fsp3) is 0.762. The van der Waals surface area contributed by atoms with Crippen molar-refractivity contribution in [1.29, 1.82) is 0 Å². The van der Waals surface area contributed by atoms with Crippen molar-refractivity contribution >= 4 is 17.7 Å². The van der Waals surface area contributed by atoms with Crippen LogP contribution in [0.2, 0.25) is 0 Å². The number of thioether (sulfide) groups is 1. The van der Waals surface area contributed by atoms with Crippen LogP contribution in [0.1, 0.15) is 45.4 Å². The molecule has 1 aromatic heterocycles. The summed E-state index contributed by atoms with van der Waals surface area (Å²) in [5, 5.41) is 0.754. The van der Waals surface area contributed by atoms with Crippen molar-refractivity contribution in [2.75, 3.05) is 38.5 Å². The summed E-state index contributed by atoms with van der Waals surface area (Å²) < 4.78 is 7.57. The summed E-state index contributed by atoms with van der Waals surface area (Å²) in [6, 6.07) is 0. The number of nitrogens with zero attached hydrogens (tertiary/aromatic N) is 4. The molecule has 2 aliphatic rings. The first-order valence-electron chi connectivity index (χ1n) is 10.8. The van der Waals surface area contributed by atoms with Crippen LogP contribution in [0, 0.1) is 0 Å². The third-order valence-electron chi connectivity index (χ3n) is 5.84. The highest BCUT2D eigenvalue weighted by molar-refractivity contribution is 7.99. The summed E-state index contributed by atoms with van der Waals surface area (Å²) in [6.45, 7) is 13.0. The van der Waals surface area contributed by atoms with Crippen molar-refractivity contribution in [3.05, 3.63) is 21.7 Å². The van der Waals surface area contributed by atoms with Gasteiger partial charge in [0, 0.05) is 37.4 Å². The number of morpholine rings is 1. The Hall–Kier alpha value is -1.38. The second-order valence-electron chi connectivity index (χ2n) is 8.00. The third kappa shape index (κ3) is 5.41. The van der Waals surface area contributed by atoms with Crippen LogP contribution in [0.3, 0.4) is 0 Å². The van der Waals surface area contributed by atoms with E-state index in [2.05, 4.69) is 23.7 Å². The van der Waals surface area contributed by atoms with E-state index in [0.29, 0.717) is 25.4 Å².